The van der Waals surface area contributed by atoms with E-state index in [4.69, 9.17) is 9.72 Å². The average Bonchev–Trinajstić information content (AvgIpc) is 3.19. The van der Waals surface area contributed by atoms with E-state index in [1.807, 2.05) is 26.0 Å². The number of amides is 1. The van der Waals surface area contributed by atoms with Crippen molar-refractivity contribution in [1.82, 2.24) is 9.55 Å². The molecular formula is C27H31BrFN3O3. The minimum absolute atomic E-state index is 0.0313. The Kier molecular flexibility index (Phi) is 6.61. The normalized spacial score (nSPS) is 25.3. The molecule has 0 bridgehead atoms. The molecule has 2 aliphatic rings. The van der Waals surface area contributed by atoms with Crippen LogP contribution in [0.25, 0.3) is 11.0 Å². The van der Waals surface area contributed by atoms with Crippen LogP contribution in [0.5, 0.6) is 5.75 Å². The first-order valence-corrected chi connectivity index (χ1v) is 13.2. The Hall–Kier alpha value is -2.45. The Bertz CT molecular complexity index is 1250. The molecule has 1 aliphatic carbocycles. The molecule has 1 aliphatic heterocycles. The van der Waals surface area contributed by atoms with Crippen molar-refractivity contribution < 1.29 is 19.0 Å². The van der Waals surface area contributed by atoms with Gasteiger partial charge in [0, 0.05) is 28.7 Å². The molecule has 3 aromatic rings. The highest BCUT2D eigenvalue weighted by Crippen LogP contribution is 2.42. The maximum Gasteiger partial charge on any atom is 0.227 e. The molecule has 2 fully saturated rings. The van der Waals surface area contributed by atoms with E-state index in [1.165, 1.54) is 6.07 Å². The van der Waals surface area contributed by atoms with E-state index in [2.05, 4.69) is 26.6 Å². The van der Waals surface area contributed by atoms with Gasteiger partial charge in [0.05, 0.1) is 29.3 Å². The van der Waals surface area contributed by atoms with Gasteiger partial charge >= 0.3 is 0 Å². The topological polar surface area (TPSA) is 67.6 Å². The number of hydrogen-bond donors (Lipinski definition) is 1. The second-order valence-corrected chi connectivity index (χ2v) is 10.8. The van der Waals surface area contributed by atoms with Gasteiger partial charge in [0.15, 0.2) is 11.6 Å². The fraction of sp³-hybridized carbons (Fsp3) is 0.481. The van der Waals surface area contributed by atoms with Gasteiger partial charge in [-0.05, 0) is 82.7 Å². The molecule has 35 heavy (non-hydrogen) atoms. The predicted molar refractivity (Wildman–Crippen MR) is 137 cm³/mol. The van der Waals surface area contributed by atoms with Gasteiger partial charge in [-0.1, -0.05) is 15.9 Å². The molecule has 1 atom stereocenters. The van der Waals surface area contributed by atoms with Crippen LogP contribution in [0.15, 0.2) is 40.9 Å². The molecule has 8 heteroatoms. The summed E-state index contributed by atoms with van der Waals surface area (Å²) >= 11 is 3.56. The Morgan fingerprint density at radius 1 is 1.20 bits per heavy atom. The number of carbonyl (C=O) groups is 1. The van der Waals surface area contributed by atoms with E-state index in [1.54, 1.807) is 17.0 Å². The first-order chi connectivity index (χ1) is 16.8. The summed E-state index contributed by atoms with van der Waals surface area (Å²) in [6, 6.07) is 10.7. The van der Waals surface area contributed by atoms with Crippen LogP contribution in [-0.4, -0.2) is 32.8 Å². The lowest BCUT2D eigenvalue weighted by molar-refractivity contribution is -0.120. The zero-order valence-corrected chi connectivity index (χ0v) is 21.7. The number of halogens is 2. The molecule has 2 aromatic carbocycles. The number of fused-ring (bicyclic) bond motifs is 1. The van der Waals surface area contributed by atoms with E-state index < -0.39 is 11.4 Å². The van der Waals surface area contributed by atoms with E-state index in [0.717, 1.165) is 47.0 Å². The summed E-state index contributed by atoms with van der Waals surface area (Å²) in [6.45, 7) is 4.08. The van der Waals surface area contributed by atoms with Crippen molar-refractivity contribution in [3.05, 3.63) is 52.5 Å². The number of nitrogens with zero attached hydrogens (tertiary/aromatic N) is 3. The van der Waals surface area contributed by atoms with Crippen LogP contribution >= 0.6 is 15.9 Å². The summed E-state index contributed by atoms with van der Waals surface area (Å²) in [6.07, 6.45) is 5.01. The molecule has 1 amide bonds. The van der Waals surface area contributed by atoms with E-state index in [9.17, 15) is 14.3 Å². The number of aliphatic hydroxyl groups is 1. The van der Waals surface area contributed by atoms with Crippen LogP contribution < -0.4 is 9.64 Å². The van der Waals surface area contributed by atoms with Crippen LogP contribution in [0.1, 0.15) is 76.7 Å². The number of anilines is 1. The number of hydrogen-bond acceptors (Lipinski definition) is 4. The number of aromatic nitrogens is 2. The predicted octanol–water partition coefficient (Wildman–Crippen LogP) is 6.46. The quantitative estimate of drug-likeness (QED) is 0.400. The fourth-order valence-electron chi connectivity index (χ4n) is 5.54. The molecule has 1 saturated carbocycles. The molecule has 0 spiro atoms. The minimum Gasteiger partial charge on any atom is -0.491 e. The third-order valence-electron chi connectivity index (χ3n) is 7.32. The highest BCUT2D eigenvalue weighted by molar-refractivity contribution is 9.10. The van der Waals surface area contributed by atoms with Gasteiger partial charge in [-0.2, -0.15) is 0 Å². The highest BCUT2D eigenvalue weighted by atomic mass is 79.9. The second kappa shape index (κ2) is 9.54. The van der Waals surface area contributed by atoms with Gasteiger partial charge in [-0.25, -0.2) is 9.37 Å². The van der Waals surface area contributed by atoms with Gasteiger partial charge in [0.25, 0.3) is 0 Å². The van der Waals surface area contributed by atoms with Crippen molar-refractivity contribution >= 4 is 38.6 Å². The summed E-state index contributed by atoms with van der Waals surface area (Å²) < 4.78 is 23.4. The van der Waals surface area contributed by atoms with Gasteiger partial charge in [-0.3, -0.25) is 4.79 Å². The number of imidazole rings is 1. The van der Waals surface area contributed by atoms with Gasteiger partial charge < -0.3 is 19.3 Å². The Labute approximate surface area is 213 Å². The zero-order chi connectivity index (χ0) is 24.7. The van der Waals surface area contributed by atoms with Crippen molar-refractivity contribution in [1.29, 1.82) is 0 Å². The summed E-state index contributed by atoms with van der Waals surface area (Å²) in [7, 11) is 0. The molecule has 0 radical (unpaired) electrons. The van der Waals surface area contributed by atoms with E-state index in [0.29, 0.717) is 31.6 Å². The Balaban J connectivity index is 1.61. The SMILES string of the molecule is CCOc1ccc(N2C(=O)CCC[C@H]2c2nc3cc(Br)ccc3n2C2CCC(C)(O)CC2)cc1F. The number of ether oxygens (including phenoxy) is 1. The Morgan fingerprint density at radius 3 is 2.69 bits per heavy atom. The van der Waals surface area contributed by atoms with Gasteiger partial charge in [-0.15, -0.1) is 0 Å². The van der Waals surface area contributed by atoms with Crippen LogP contribution in [0.2, 0.25) is 0 Å². The molecule has 0 unspecified atom stereocenters. The molecule has 186 valence electrons. The largest absolute Gasteiger partial charge is 0.491 e. The van der Waals surface area contributed by atoms with Gasteiger partial charge in [0.1, 0.15) is 5.82 Å². The molecule has 1 N–H and O–H groups in total. The molecule has 1 aromatic heterocycles. The lowest BCUT2D eigenvalue weighted by Crippen LogP contribution is -2.40. The maximum absolute atomic E-state index is 14.8. The minimum atomic E-state index is -0.650. The third kappa shape index (κ3) is 4.70. The van der Waals surface area contributed by atoms with Crippen molar-refractivity contribution in [2.45, 2.75) is 76.5 Å². The van der Waals surface area contributed by atoms with Crippen molar-refractivity contribution in [3.8, 4) is 5.75 Å². The summed E-state index contributed by atoms with van der Waals surface area (Å²) in [4.78, 5) is 20.0. The lowest BCUT2D eigenvalue weighted by atomic mass is 9.83. The van der Waals surface area contributed by atoms with Crippen molar-refractivity contribution in [2.75, 3.05) is 11.5 Å². The first kappa shape index (κ1) is 24.3. The third-order valence-corrected chi connectivity index (χ3v) is 7.81. The van der Waals surface area contributed by atoms with Crippen LogP contribution in [0.4, 0.5) is 10.1 Å². The molecule has 5 rings (SSSR count). The standard InChI is InChI=1S/C27H31BrFN3O3/c1-3-35-24-10-8-19(16-20(24)29)31-23(5-4-6-25(31)33)26-30-21-15-17(28)7-9-22(21)32(26)18-11-13-27(2,34)14-12-18/h7-10,15-16,18,23,34H,3-6,11-14H2,1-2H3/t18?,23-,27?/m0/s1. The maximum atomic E-state index is 14.8. The lowest BCUT2D eigenvalue weighted by Gasteiger charge is -2.38. The van der Waals surface area contributed by atoms with Crippen LogP contribution in [0, 0.1) is 5.82 Å². The average molecular weight is 544 g/mol. The Morgan fingerprint density at radius 2 is 1.97 bits per heavy atom. The van der Waals surface area contributed by atoms with Crippen LogP contribution in [0.3, 0.4) is 0 Å². The molecule has 1 saturated heterocycles. The van der Waals surface area contributed by atoms with Crippen LogP contribution in [-0.2, 0) is 4.79 Å². The van der Waals surface area contributed by atoms with E-state index in [-0.39, 0.29) is 23.7 Å². The molecule has 2 heterocycles. The highest BCUT2D eigenvalue weighted by Gasteiger charge is 2.37. The smallest absolute Gasteiger partial charge is 0.227 e. The number of rotatable bonds is 5. The number of piperidine rings is 1. The van der Waals surface area contributed by atoms with Crippen molar-refractivity contribution in [2.24, 2.45) is 0 Å². The molecule has 6 nitrogen and oxygen atoms in total. The number of carbonyl (C=O) groups excluding carboxylic acids is 1. The first-order valence-electron chi connectivity index (χ1n) is 12.4. The monoisotopic (exact) mass is 543 g/mol. The summed E-state index contributed by atoms with van der Waals surface area (Å²) in [5.74, 6) is 0.500. The van der Waals surface area contributed by atoms with Crippen molar-refractivity contribution in [3.63, 3.8) is 0 Å². The zero-order valence-electron chi connectivity index (χ0n) is 20.1. The number of benzene rings is 2. The van der Waals surface area contributed by atoms with E-state index >= 15 is 0 Å². The van der Waals surface area contributed by atoms with Gasteiger partial charge in [0.2, 0.25) is 5.91 Å². The second-order valence-electron chi connectivity index (χ2n) is 9.92. The molecular weight excluding hydrogens is 513 g/mol. The summed E-state index contributed by atoms with van der Waals surface area (Å²) in [5, 5.41) is 10.5. The fourth-order valence-corrected chi connectivity index (χ4v) is 5.89. The summed E-state index contributed by atoms with van der Waals surface area (Å²) in [5.41, 5.74) is 1.75.